The van der Waals surface area contributed by atoms with Gasteiger partial charge in [0.2, 0.25) is 9.04 Å². The van der Waals surface area contributed by atoms with E-state index in [4.69, 9.17) is 13.9 Å². The topological polar surface area (TPSA) is 56.8 Å². The summed E-state index contributed by atoms with van der Waals surface area (Å²) in [7, 11) is 0.747. The highest BCUT2D eigenvalue weighted by Crippen LogP contribution is 2.35. The first-order valence-electron chi connectivity index (χ1n) is 7.83. The first-order chi connectivity index (χ1) is 10.7. The number of rotatable bonds is 5. The largest absolute Gasteiger partial charge is 0.497 e. The minimum absolute atomic E-state index is 0.0331. The molecule has 1 aromatic rings. The Morgan fingerprint density at radius 2 is 2.04 bits per heavy atom. The molecule has 1 aliphatic heterocycles. The van der Waals surface area contributed by atoms with Crippen LogP contribution < -0.4 is 14.8 Å². The van der Waals surface area contributed by atoms with Crippen molar-refractivity contribution in [2.75, 3.05) is 12.4 Å². The predicted molar refractivity (Wildman–Crippen MR) is 92.5 cm³/mol. The normalized spacial score (nSPS) is 18.9. The van der Waals surface area contributed by atoms with Crippen LogP contribution in [0, 0.1) is 5.41 Å². The molecule has 127 valence electrons. The molecule has 23 heavy (non-hydrogen) atoms. The lowest BCUT2D eigenvalue weighted by Crippen LogP contribution is -2.44. The van der Waals surface area contributed by atoms with Gasteiger partial charge in [-0.3, -0.25) is 4.79 Å². The van der Waals surface area contributed by atoms with Crippen molar-refractivity contribution in [3.8, 4) is 11.5 Å². The molecule has 1 aliphatic rings. The fourth-order valence-corrected chi connectivity index (χ4v) is 3.48. The van der Waals surface area contributed by atoms with Crippen LogP contribution in [0.1, 0.15) is 27.2 Å². The summed E-state index contributed by atoms with van der Waals surface area (Å²) >= 11 is 0. The summed E-state index contributed by atoms with van der Waals surface area (Å²) in [5, 5.41) is 2.90. The lowest BCUT2D eigenvalue weighted by Gasteiger charge is -2.36. The van der Waals surface area contributed by atoms with Gasteiger partial charge in [-0.25, -0.2) is 0 Å². The number of benzene rings is 1. The molecule has 1 radical (unpaired) electrons. The van der Waals surface area contributed by atoms with Gasteiger partial charge in [-0.2, -0.15) is 0 Å². The fourth-order valence-electron chi connectivity index (χ4n) is 2.46. The SMILES string of the molecule is COc1ccc2c(c1)OC(CC(O[Si](C)C)C(C)(C)C)C(=O)N2. The molecule has 6 heteroatoms. The molecule has 0 saturated heterocycles. The van der Waals surface area contributed by atoms with Crippen molar-refractivity contribution in [3.05, 3.63) is 18.2 Å². The summed E-state index contributed by atoms with van der Waals surface area (Å²) in [6.07, 6.45) is -0.0589. The van der Waals surface area contributed by atoms with Crippen molar-refractivity contribution in [2.24, 2.45) is 5.41 Å². The first-order valence-corrected chi connectivity index (χ1v) is 10.2. The lowest BCUT2D eigenvalue weighted by atomic mass is 9.85. The number of carbonyl (C=O) groups excluding carboxylic acids is 1. The second-order valence-corrected chi connectivity index (χ2v) is 9.13. The Morgan fingerprint density at radius 1 is 1.35 bits per heavy atom. The van der Waals surface area contributed by atoms with Crippen molar-refractivity contribution >= 4 is 20.6 Å². The number of anilines is 1. The van der Waals surface area contributed by atoms with E-state index in [9.17, 15) is 4.79 Å². The molecule has 0 fully saturated rings. The zero-order valence-electron chi connectivity index (χ0n) is 14.7. The van der Waals surface area contributed by atoms with Gasteiger partial charge < -0.3 is 19.2 Å². The van der Waals surface area contributed by atoms with Crippen molar-refractivity contribution in [1.82, 2.24) is 0 Å². The third-order valence-electron chi connectivity index (χ3n) is 3.78. The Balaban J connectivity index is 2.17. The van der Waals surface area contributed by atoms with Crippen LogP contribution >= 0.6 is 0 Å². The average molecular weight is 336 g/mol. The van der Waals surface area contributed by atoms with E-state index in [1.807, 2.05) is 0 Å². The predicted octanol–water partition coefficient (Wildman–Crippen LogP) is 3.47. The van der Waals surface area contributed by atoms with Crippen LogP contribution in [0.2, 0.25) is 13.1 Å². The Morgan fingerprint density at radius 3 is 2.61 bits per heavy atom. The van der Waals surface area contributed by atoms with Gasteiger partial charge >= 0.3 is 0 Å². The van der Waals surface area contributed by atoms with Gasteiger partial charge in [0, 0.05) is 12.5 Å². The molecule has 2 atom stereocenters. The molecule has 5 nitrogen and oxygen atoms in total. The van der Waals surface area contributed by atoms with Crippen LogP contribution in [0.25, 0.3) is 0 Å². The second kappa shape index (κ2) is 6.92. The molecular weight excluding hydrogens is 310 g/mol. The Kier molecular flexibility index (Phi) is 5.36. The van der Waals surface area contributed by atoms with Crippen LogP contribution in [0.5, 0.6) is 11.5 Å². The van der Waals surface area contributed by atoms with Crippen LogP contribution in [0.4, 0.5) is 5.69 Å². The summed E-state index contributed by atoms with van der Waals surface area (Å²) in [6, 6.07) is 5.38. The maximum atomic E-state index is 12.3. The highest BCUT2D eigenvalue weighted by molar-refractivity contribution is 6.48. The lowest BCUT2D eigenvalue weighted by molar-refractivity contribution is -0.125. The van der Waals surface area contributed by atoms with E-state index in [0.717, 1.165) is 0 Å². The number of hydrogen-bond donors (Lipinski definition) is 1. The van der Waals surface area contributed by atoms with Gasteiger partial charge in [0.25, 0.3) is 5.91 Å². The van der Waals surface area contributed by atoms with E-state index < -0.39 is 15.1 Å². The Hall–Kier alpha value is -1.53. The molecule has 2 unspecified atom stereocenters. The van der Waals surface area contributed by atoms with Crippen LogP contribution in [-0.2, 0) is 9.22 Å². The molecule has 0 aliphatic carbocycles. The van der Waals surface area contributed by atoms with E-state index in [1.165, 1.54) is 0 Å². The minimum atomic E-state index is -0.861. The third kappa shape index (κ3) is 4.48. The van der Waals surface area contributed by atoms with E-state index in [0.29, 0.717) is 23.6 Å². The van der Waals surface area contributed by atoms with Gasteiger partial charge in [-0.05, 0) is 30.6 Å². The third-order valence-corrected chi connectivity index (χ3v) is 4.54. The average Bonchev–Trinajstić information content (AvgIpc) is 2.45. The molecule has 1 heterocycles. The Labute approximate surface area is 140 Å². The minimum Gasteiger partial charge on any atom is -0.497 e. The van der Waals surface area contributed by atoms with Gasteiger partial charge in [-0.15, -0.1) is 0 Å². The summed E-state index contributed by atoms with van der Waals surface area (Å²) < 4.78 is 17.3. The fraction of sp³-hybridized carbons (Fsp3) is 0.588. The first kappa shape index (κ1) is 17.8. The van der Waals surface area contributed by atoms with E-state index in [2.05, 4.69) is 39.2 Å². The highest BCUT2D eigenvalue weighted by Gasteiger charge is 2.35. The number of hydrogen-bond acceptors (Lipinski definition) is 4. The van der Waals surface area contributed by atoms with Crippen molar-refractivity contribution in [3.63, 3.8) is 0 Å². The molecule has 0 bridgehead atoms. The number of methoxy groups -OCH3 is 1. The second-order valence-electron chi connectivity index (χ2n) is 7.07. The van der Waals surface area contributed by atoms with E-state index >= 15 is 0 Å². The Bertz CT molecular complexity index is 568. The molecule has 0 saturated carbocycles. The number of ether oxygens (including phenoxy) is 2. The zero-order valence-corrected chi connectivity index (χ0v) is 15.7. The maximum absolute atomic E-state index is 12.3. The highest BCUT2D eigenvalue weighted by atomic mass is 28.3. The van der Waals surface area contributed by atoms with Gasteiger partial charge in [0.05, 0.1) is 18.9 Å². The van der Waals surface area contributed by atoms with E-state index in [-0.39, 0.29) is 17.4 Å². The molecule has 0 spiro atoms. The molecule has 2 rings (SSSR count). The molecule has 1 aromatic carbocycles. The maximum Gasteiger partial charge on any atom is 0.265 e. The smallest absolute Gasteiger partial charge is 0.265 e. The summed E-state index contributed by atoms with van der Waals surface area (Å²) in [4.78, 5) is 12.3. The quantitative estimate of drug-likeness (QED) is 0.837. The van der Waals surface area contributed by atoms with Crippen molar-refractivity contribution in [2.45, 2.75) is 52.5 Å². The van der Waals surface area contributed by atoms with Crippen LogP contribution in [-0.4, -0.2) is 34.3 Å². The number of fused-ring (bicyclic) bond motifs is 1. The monoisotopic (exact) mass is 336 g/mol. The van der Waals surface area contributed by atoms with Crippen molar-refractivity contribution in [1.29, 1.82) is 0 Å². The molecule has 0 aromatic heterocycles. The number of carbonyl (C=O) groups is 1. The van der Waals surface area contributed by atoms with Gasteiger partial charge in [-0.1, -0.05) is 20.8 Å². The van der Waals surface area contributed by atoms with Crippen LogP contribution in [0.15, 0.2) is 18.2 Å². The summed E-state index contributed by atoms with van der Waals surface area (Å²) in [5.41, 5.74) is 0.622. The van der Waals surface area contributed by atoms with Crippen molar-refractivity contribution < 1.29 is 18.7 Å². The summed E-state index contributed by atoms with van der Waals surface area (Å²) in [6.45, 7) is 10.6. The zero-order chi connectivity index (χ0) is 17.2. The van der Waals surface area contributed by atoms with Crippen LogP contribution in [0.3, 0.4) is 0 Å². The number of nitrogens with one attached hydrogen (secondary N) is 1. The number of amides is 1. The van der Waals surface area contributed by atoms with Gasteiger partial charge in [0.15, 0.2) is 6.10 Å². The standard InChI is InChI=1S/C17H26NO4Si/c1-17(2,3)15(22-23(5)6)10-14-16(19)18-12-8-7-11(20-4)9-13(12)21-14/h7-9,14-15H,10H2,1-6H3,(H,18,19). The summed E-state index contributed by atoms with van der Waals surface area (Å²) in [5.74, 6) is 1.22. The molecule has 1 amide bonds. The molecule has 1 N–H and O–H groups in total. The van der Waals surface area contributed by atoms with E-state index in [1.54, 1.807) is 25.3 Å². The molecular formula is C17H26NO4Si. The van der Waals surface area contributed by atoms with Gasteiger partial charge in [0.1, 0.15) is 11.5 Å².